The predicted octanol–water partition coefficient (Wildman–Crippen LogP) is 3.84. The van der Waals surface area contributed by atoms with Crippen LogP contribution in [-0.2, 0) is 9.53 Å². The first-order chi connectivity index (χ1) is 13.7. The normalized spacial score (nSPS) is 11.8. The van der Waals surface area contributed by atoms with E-state index in [0.717, 1.165) is 11.3 Å². The molecule has 0 bridgehead atoms. The van der Waals surface area contributed by atoms with Gasteiger partial charge in [-0.2, -0.15) is 5.11 Å². The van der Waals surface area contributed by atoms with E-state index in [9.17, 15) is 19.5 Å². The Morgan fingerprint density at radius 2 is 1.86 bits per heavy atom. The Morgan fingerprint density at radius 1 is 1.21 bits per heavy atom. The first kappa shape index (κ1) is 21.7. The molecule has 3 N–H and O–H groups in total. The van der Waals surface area contributed by atoms with Crippen LogP contribution < -0.4 is 5.32 Å². The summed E-state index contributed by atoms with van der Waals surface area (Å²) in [5.74, 6) is -2.78. The van der Waals surface area contributed by atoms with E-state index in [1.807, 2.05) is 0 Å². The molecule has 0 saturated heterocycles. The van der Waals surface area contributed by atoms with Gasteiger partial charge in [0.25, 0.3) is 5.91 Å². The van der Waals surface area contributed by atoms with Gasteiger partial charge in [-0.15, -0.1) is 5.11 Å². The second kappa shape index (κ2) is 9.55. The second-order valence-electron chi connectivity index (χ2n) is 5.59. The molecule has 1 amide bonds. The molecule has 0 aliphatic carbocycles. The molecule has 0 spiro atoms. The van der Waals surface area contributed by atoms with Gasteiger partial charge in [-0.1, -0.05) is 11.3 Å². The number of ether oxygens (including phenoxy) is 1. The van der Waals surface area contributed by atoms with Crippen molar-refractivity contribution < 1.29 is 29.3 Å². The number of benzene rings is 1. The molecule has 0 aliphatic rings. The number of aromatic carboxylic acids is 1. The van der Waals surface area contributed by atoms with Gasteiger partial charge in [0.05, 0.1) is 23.6 Å². The summed E-state index contributed by atoms with van der Waals surface area (Å²) >= 11 is 0.934. The van der Waals surface area contributed by atoms with Crippen molar-refractivity contribution >= 4 is 40.0 Å². The molecule has 11 heteroatoms. The van der Waals surface area contributed by atoms with E-state index in [0.29, 0.717) is 5.69 Å². The number of anilines is 1. The van der Waals surface area contributed by atoms with Gasteiger partial charge in [-0.05, 0) is 45.0 Å². The zero-order valence-electron chi connectivity index (χ0n) is 15.8. The van der Waals surface area contributed by atoms with Crippen LogP contribution in [0, 0.1) is 6.92 Å². The Morgan fingerprint density at radius 3 is 2.41 bits per heavy atom. The molecule has 1 aromatic heterocycles. The Bertz CT molecular complexity index is 990. The highest BCUT2D eigenvalue weighted by Crippen LogP contribution is 2.24. The minimum atomic E-state index is -1.08. The van der Waals surface area contributed by atoms with Gasteiger partial charge < -0.3 is 14.9 Å². The van der Waals surface area contributed by atoms with Crippen LogP contribution in [0.25, 0.3) is 0 Å². The summed E-state index contributed by atoms with van der Waals surface area (Å²) in [5, 5.41) is 28.8. The number of nitrogens with one attached hydrogen (secondary N) is 1. The SMILES string of the molecule is CCOC(=O)c1sc(NC(=O)/C(N=Nc2ccc(C(=O)O)cc2)=C(/C)O)nc1C. The van der Waals surface area contributed by atoms with Crippen LogP contribution >= 0.6 is 11.3 Å². The summed E-state index contributed by atoms with van der Waals surface area (Å²) in [6, 6.07) is 5.48. The number of nitrogens with zero attached hydrogens (tertiary/aromatic N) is 3. The lowest BCUT2D eigenvalue weighted by molar-refractivity contribution is -0.113. The summed E-state index contributed by atoms with van der Waals surface area (Å²) in [4.78, 5) is 39.5. The van der Waals surface area contributed by atoms with Gasteiger partial charge in [0, 0.05) is 0 Å². The van der Waals surface area contributed by atoms with E-state index in [1.54, 1.807) is 13.8 Å². The summed E-state index contributed by atoms with van der Waals surface area (Å²) in [6.07, 6.45) is 0. The summed E-state index contributed by atoms with van der Waals surface area (Å²) in [6.45, 7) is 4.76. The van der Waals surface area contributed by atoms with Crippen LogP contribution in [0.4, 0.5) is 10.8 Å². The number of hydrogen-bond donors (Lipinski definition) is 3. The van der Waals surface area contributed by atoms with Gasteiger partial charge in [-0.25, -0.2) is 14.6 Å². The van der Waals surface area contributed by atoms with Crippen LogP contribution in [0.15, 0.2) is 46.0 Å². The molecule has 29 heavy (non-hydrogen) atoms. The Balaban J connectivity index is 2.16. The second-order valence-corrected chi connectivity index (χ2v) is 6.59. The predicted molar refractivity (Wildman–Crippen MR) is 105 cm³/mol. The van der Waals surface area contributed by atoms with Crippen molar-refractivity contribution in [1.82, 2.24) is 4.98 Å². The molecule has 1 aromatic carbocycles. The Kier molecular flexibility index (Phi) is 7.15. The zero-order valence-corrected chi connectivity index (χ0v) is 16.6. The average molecular weight is 418 g/mol. The highest BCUT2D eigenvalue weighted by molar-refractivity contribution is 7.17. The first-order valence-electron chi connectivity index (χ1n) is 8.33. The van der Waals surface area contributed by atoms with Crippen molar-refractivity contribution in [3.8, 4) is 0 Å². The molecule has 0 saturated carbocycles. The molecular weight excluding hydrogens is 400 g/mol. The van der Waals surface area contributed by atoms with Gasteiger partial charge in [-0.3, -0.25) is 10.1 Å². The quantitative estimate of drug-likeness (QED) is 0.267. The molecule has 1 heterocycles. The van der Waals surface area contributed by atoms with Crippen LogP contribution in [0.5, 0.6) is 0 Å². The van der Waals surface area contributed by atoms with Crippen LogP contribution in [0.2, 0.25) is 0 Å². The maximum absolute atomic E-state index is 12.4. The molecule has 2 rings (SSSR count). The molecule has 2 aromatic rings. The van der Waals surface area contributed by atoms with Gasteiger partial charge in [0.1, 0.15) is 10.6 Å². The summed E-state index contributed by atoms with van der Waals surface area (Å²) in [7, 11) is 0. The largest absolute Gasteiger partial charge is 0.510 e. The number of amides is 1. The van der Waals surface area contributed by atoms with Crippen molar-refractivity contribution in [3.05, 3.63) is 51.9 Å². The van der Waals surface area contributed by atoms with E-state index < -0.39 is 17.8 Å². The number of azo groups is 1. The number of aliphatic hydroxyl groups is 1. The maximum Gasteiger partial charge on any atom is 0.350 e. The lowest BCUT2D eigenvalue weighted by atomic mass is 10.2. The third-order valence-corrected chi connectivity index (χ3v) is 4.47. The number of aliphatic hydroxyl groups excluding tert-OH is 1. The van der Waals surface area contributed by atoms with Crippen LogP contribution in [-0.4, -0.2) is 39.6 Å². The number of hydrogen-bond acceptors (Lipinski definition) is 9. The molecule has 0 fully saturated rings. The van der Waals surface area contributed by atoms with E-state index >= 15 is 0 Å². The molecule has 152 valence electrons. The fourth-order valence-corrected chi connectivity index (χ4v) is 2.91. The molecule has 0 atom stereocenters. The van der Waals surface area contributed by atoms with E-state index in [1.165, 1.54) is 31.2 Å². The lowest BCUT2D eigenvalue weighted by Gasteiger charge is -2.02. The monoisotopic (exact) mass is 418 g/mol. The Hall–Kier alpha value is -3.60. The highest BCUT2D eigenvalue weighted by atomic mass is 32.1. The molecule has 10 nitrogen and oxygen atoms in total. The number of carbonyl (C=O) groups excluding carboxylic acids is 2. The van der Waals surface area contributed by atoms with Gasteiger partial charge in [0.2, 0.25) is 0 Å². The standard InChI is InChI=1S/C18H18N4O6S/c1-4-28-17(27)14-9(2)19-18(29-14)20-15(24)13(10(3)23)22-21-12-7-5-11(6-8-12)16(25)26/h5-8,23H,4H2,1-3H3,(H,25,26)(H,19,20,24)/b13-10+,22-21?. The van der Waals surface area contributed by atoms with Crippen LogP contribution in [0.3, 0.4) is 0 Å². The molecule has 0 radical (unpaired) electrons. The number of rotatable bonds is 7. The first-order valence-corrected chi connectivity index (χ1v) is 9.15. The van der Waals surface area contributed by atoms with Crippen molar-refractivity contribution in [2.24, 2.45) is 10.2 Å². The zero-order chi connectivity index (χ0) is 21.6. The van der Waals surface area contributed by atoms with Crippen molar-refractivity contribution in [1.29, 1.82) is 0 Å². The fraction of sp³-hybridized carbons (Fsp3) is 0.222. The number of thiazole rings is 1. The van der Waals surface area contributed by atoms with Gasteiger partial charge >= 0.3 is 11.9 Å². The Labute approximate surface area is 169 Å². The van der Waals surface area contributed by atoms with Crippen molar-refractivity contribution in [2.75, 3.05) is 11.9 Å². The third-order valence-electron chi connectivity index (χ3n) is 3.42. The molecular formula is C18H18N4O6S. The van der Waals surface area contributed by atoms with E-state index in [2.05, 4.69) is 20.5 Å². The van der Waals surface area contributed by atoms with E-state index in [4.69, 9.17) is 9.84 Å². The summed E-state index contributed by atoms with van der Waals surface area (Å²) < 4.78 is 4.92. The van der Waals surface area contributed by atoms with Gasteiger partial charge in [0.15, 0.2) is 10.8 Å². The number of aryl methyl sites for hydroxylation is 1. The summed E-state index contributed by atoms with van der Waals surface area (Å²) in [5.41, 5.74) is 0.400. The topological polar surface area (TPSA) is 151 Å². The number of carbonyl (C=O) groups is 3. The number of allylic oxidation sites excluding steroid dienone is 1. The van der Waals surface area contributed by atoms with Crippen molar-refractivity contribution in [3.63, 3.8) is 0 Å². The smallest absolute Gasteiger partial charge is 0.350 e. The molecule has 0 unspecified atom stereocenters. The van der Waals surface area contributed by atoms with Crippen LogP contribution in [0.1, 0.15) is 39.6 Å². The average Bonchev–Trinajstić information content (AvgIpc) is 3.02. The fourth-order valence-electron chi connectivity index (χ4n) is 2.05. The number of aromatic nitrogens is 1. The number of carboxylic acid groups (broad SMARTS) is 1. The van der Waals surface area contributed by atoms with Crippen molar-refractivity contribution in [2.45, 2.75) is 20.8 Å². The minimum Gasteiger partial charge on any atom is -0.510 e. The number of carboxylic acids is 1. The minimum absolute atomic E-state index is 0.0762. The molecule has 0 aliphatic heterocycles. The maximum atomic E-state index is 12.4. The third kappa shape index (κ3) is 5.69. The van der Waals surface area contributed by atoms with E-state index in [-0.39, 0.29) is 39.3 Å². The number of esters is 1. The lowest BCUT2D eigenvalue weighted by Crippen LogP contribution is -2.14. The highest BCUT2D eigenvalue weighted by Gasteiger charge is 2.20.